The van der Waals surface area contributed by atoms with Crippen molar-refractivity contribution in [2.75, 3.05) is 0 Å². The Morgan fingerprint density at radius 3 is 2.45 bits per heavy atom. The molecule has 0 aliphatic carbocycles. The zero-order valence-electron chi connectivity index (χ0n) is 11.2. The number of benzene rings is 2. The van der Waals surface area contributed by atoms with Crippen LogP contribution in [0.1, 0.15) is 10.5 Å². The van der Waals surface area contributed by atoms with Crippen LogP contribution in [-0.2, 0) is 0 Å². The van der Waals surface area contributed by atoms with Crippen molar-refractivity contribution in [1.82, 2.24) is 15.4 Å². The number of nitrogens with zero attached hydrogens (tertiary/aromatic N) is 2. The van der Waals surface area contributed by atoms with Gasteiger partial charge >= 0.3 is 0 Å². The summed E-state index contributed by atoms with van der Waals surface area (Å²) in [7, 11) is 0. The third kappa shape index (κ3) is 2.39. The van der Waals surface area contributed by atoms with E-state index in [1.165, 1.54) is 18.2 Å². The number of H-pyrrole nitrogens is 1. The number of aromatic nitrogens is 3. The summed E-state index contributed by atoms with van der Waals surface area (Å²) in [5.41, 5.74) is 7.12. The predicted molar refractivity (Wildman–Crippen MR) is 77.4 cm³/mol. The summed E-state index contributed by atoms with van der Waals surface area (Å²) < 4.78 is 13.0. The first-order valence-corrected chi connectivity index (χ1v) is 6.36. The average molecular weight is 298 g/mol. The van der Waals surface area contributed by atoms with E-state index in [0.717, 1.165) is 11.1 Å². The van der Waals surface area contributed by atoms with Gasteiger partial charge in [0.2, 0.25) is 0 Å². The highest BCUT2D eigenvalue weighted by atomic mass is 19.1. The highest BCUT2D eigenvalue weighted by Crippen LogP contribution is 2.33. The number of rotatable bonds is 3. The highest BCUT2D eigenvalue weighted by molar-refractivity contribution is 5.97. The molecular weight excluding hydrogens is 287 g/mol. The van der Waals surface area contributed by atoms with Gasteiger partial charge in [-0.05, 0) is 35.4 Å². The van der Waals surface area contributed by atoms with Crippen LogP contribution in [0.5, 0.6) is 5.75 Å². The van der Waals surface area contributed by atoms with Crippen LogP contribution >= 0.6 is 0 Å². The van der Waals surface area contributed by atoms with E-state index >= 15 is 0 Å². The fourth-order valence-corrected chi connectivity index (χ4v) is 2.14. The molecular formula is C15H11FN4O2. The number of amides is 1. The van der Waals surface area contributed by atoms with Crippen LogP contribution in [0.3, 0.4) is 0 Å². The van der Waals surface area contributed by atoms with Gasteiger partial charge in [0, 0.05) is 5.56 Å². The summed E-state index contributed by atoms with van der Waals surface area (Å²) in [4.78, 5) is 11.3. The first-order chi connectivity index (χ1) is 10.6. The van der Waals surface area contributed by atoms with E-state index in [2.05, 4.69) is 15.4 Å². The van der Waals surface area contributed by atoms with Crippen molar-refractivity contribution < 1.29 is 14.3 Å². The molecule has 1 amide bonds. The summed E-state index contributed by atoms with van der Waals surface area (Å²) in [6, 6.07) is 10.7. The molecule has 0 saturated carbocycles. The topological polar surface area (TPSA) is 105 Å². The molecule has 0 radical (unpaired) electrons. The third-order valence-corrected chi connectivity index (χ3v) is 3.21. The molecule has 6 nitrogen and oxygen atoms in total. The number of aromatic hydroxyl groups is 1. The van der Waals surface area contributed by atoms with E-state index in [1.54, 1.807) is 24.3 Å². The molecule has 3 aromatic rings. The Labute approximate surface area is 124 Å². The van der Waals surface area contributed by atoms with Gasteiger partial charge in [0.15, 0.2) is 5.69 Å². The second-order valence-electron chi connectivity index (χ2n) is 4.62. The summed E-state index contributed by atoms with van der Waals surface area (Å²) in [6.45, 7) is 0. The van der Waals surface area contributed by atoms with Crippen LogP contribution in [-0.4, -0.2) is 26.4 Å². The third-order valence-electron chi connectivity index (χ3n) is 3.21. The molecule has 2 aromatic carbocycles. The van der Waals surface area contributed by atoms with Crippen LogP contribution in [0, 0.1) is 5.82 Å². The van der Waals surface area contributed by atoms with E-state index in [-0.39, 0.29) is 23.0 Å². The molecule has 7 heteroatoms. The molecule has 110 valence electrons. The maximum Gasteiger partial charge on any atom is 0.271 e. The number of halogens is 1. The maximum absolute atomic E-state index is 13.0. The number of phenolic OH excluding ortho intramolecular Hbond substituents is 1. The molecule has 0 aliphatic rings. The number of carbonyl (C=O) groups excluding carboxylic acids is 1. The van der Waals surface area contributed by atoms with E-state index in [1.807, 2.05) is 0 Å². The fraction of sp³-hybridized carbons (Fsp3) is 0. The largest absolute Gasteiger partial charge is 0.507 e. The van der Waals surface area contributed by atoms with Crippen molar-refractivity contribution in [2.45, 2.75) is 0 Å². The van der Waals surface area contributed by atoms with Crippen LogP contribution in [0.25, 0.3) is 22.4 Å². The number of phenols is 1. The Bertz CT molecular complexity index is 843. The molecule has 0 aliphatic heterocycles. The van der Waals surface area contributed by atoms with Gasteiger partial charge in [0.1, 0.15) is 17.3 Å². The molecule has 3 rings (SSSR count). The lowest BCUT2D eigenvalue weighted by molar-refractivity contribution is 0.0996. The van der Waals surface area contributed by atoms with E-state index < -0.39 is 5.91 Å². The van der Waals surface area contributed by atoms with E-state index in [4.69, 9.17) is 5.73 Å². The van der Waals surface area contributed by atoms with Crippen molar-refractivity contribution in [2.24, 2.45) is 5.73 Å². The second kappa shape index (κ2) is 5.28. The number of nitrogens with one attached hydrogen (secondary N) is 1. The molecule has 0 unspecified atom stereocenters. The van der Waals surface area contributed by atoms with Crippen molar-refractivity contribution in [1.29, 1.82) is 0 Å². The van der Waals surface area contributed by atoms with Crippen LogP contribution in [0.2, 0.25) is 0 Å². The van der Waals surface area contributed by atoms with Gasteiger partial charge in [-0.15, -0.1) is 0 Å². The van der Waals surface area contributed by atoms with Crippen LogP contribution < -0.4 is 5.73 Å². The Kier molecular flexibility index (Phi) is 3.30. The lowest BCUT2D eigenvalue weighted by atomic mass is 10.00. The smallest absolute Gasteiger partial charge is 0.271 e. The molecule has 0 saturated heterocycles. The zero-order valence-corrected chi connectivity index (χ0v) is 11.2. The first kappa shape index (κ1) is 13.7. The Morgan fingerprint density at radius 2 is 1.77 bits per heavy atom. The number of hydrogen-bond acceptors (Lipinski definition) is 4. The summed E-state index contributed by atoms with van der Waals surface area (Å²) in [6.07, 6.45) is 0. The molecule has 0 spiro atoms. The first-order valence-electron chi connectivity index (χ1n) is 6.36. The molecule has 0 fully saturated rings. The summed E-state index contributed by atoms with van der Waals surface area (Å²) in [5.74, 6) is -1.16. The molecule has 0 atom stereocenters. The minimum Gasteiger partial charge on any atom is -0.507 e. The number of nitrogens with two attached hydrogens (primary N) is 1. The van der Waals surface area contributed by atoms with Crippen molar-refractivity contribution in [3.63, 3.8) is 0 Å². The van der Waals surface area contributed by atoms with Crippen LogP contribution in [0.4, 0.5) is 4.39 Å². The van der Waals surface area contributed by atoms with Gasteiger partial charge in [-0.1, -0.05) is 18.2 Å². The molecule has 22 heavy (non-hydrogen) atoms. The van der Waals surface area contributed by atoms with Crippen molar-refractivity contribution in [3.8, 4) is 28.1 Å². The average Bonchev–Trinajstić information content (AvgIpc) is 2.98. The number of aromatic amines is 1. The van der Waals surface area contributed by atoms with Gasteiger partial charge in [-0.3, -0.25) is 4.79 Å². The van der Waals surface area contributed by atoms with Gasteiger partial charge < -0.3 is 10.8 Å². The normalized spacial score (nSPS) is 10.6. The maximum atomic E-state index is 13.0. The monoisotopic (exact) mass is 298 g/mol. The summed E-state index contributed by atoms with van der Waals surface area (Å²) in [5, 5.41) is 19.9. The number of carbonyl (C=O) groups is 1. The minimum absolute atomic E-state index is 0.0634. The molecule has 0 bridgehead atoms. The molecule has 1 aromatic heterocycles. The predicted octanol–water partition coefficient (Wildman–Crippen LogP) is 2.08. The van der Waals surface area contributed by atoms with E-state index in [0.29, 0.717) is 5.56 Å². The highest BCUT2D eigenvalue weighted by Gasteiger charge is 2.18. The van der Waals surface area contributed by atoms with Crippen molar-refractivity contribution >= 4 is 5.91 Å². The quantitative estimate of drug-likeness (QED) is 0.688. The Hall–Kier alpha value is -3.22. The zero-order chi connectivity index (χ0) is 15.7. The van der Waals surface area contributed by atoms with Crippen LogP contribution in [0.15, 0.2) is 42.5 Å². The molecule has 1 heterocycles. The lowest BCUT2D eigenvalue weighted by Gasteiger charge is -2.07. The van der Waals surface area contributed by atoms with Gasteiger partial charge in [-0.2, -0.15) is 15.4 Å². The lowest BCUT2D eigenvalue weighted by Crippen LogP contribution is -2.12. The van der Waals surface area contributed by atoms with Gasteiger partial charge in [0.25, 0.3) is 5.91 Å². The molecule has 4 N–H and O–H groups in total. The minimum atomic E-state index is -0.754. The summed E-state index contributed by atoms with van der Waals surface area (Å²) >= 11 is 0. The second-order valence-corrected chi connectivity index (χ2v) is 4.62. The van der Waals surface area contributed by atoms with Gasteiger partial charge in [-0.25, -0.2) is 4.39 Å². The number of primary amides is 1. The van der Waals surface area contributed by atoms with E-state index in [9.17, 15) is 14.3 Å². The van der Waals surface area contributed by atoms with Gasteiger partial charge in [0.05, 0.1) is 0 Å². The Balaban J connectivity index is 2.13. The number of hydrogen-bond donors (Lipinski definition) is 3. The SMILES string of the molecule is NC(=O)c1n[nH]nc1-c1cc(-c2ccc(F)cc2)ccc1O. The fourth-order valence-electron chi connectivity index (χ4n) is 2.14. The van der Waals surface area contributed by atoms with Crippen molar-refractivity contribution in [3.05, 3.63) is 54.0 Å². The Morgan fingerprint density at radius 1 is 1.09 bits per heavy atom. The standard InChI is InChI=1S/C15H11FN4O2/c16-10-4-1-8(2-5-10)9-3-6-12(21)11(7-9)13-14(15(17)22)19-20-18-13/h1-7,21H,(H2,17,22)(H,18,19,20).